The summed E-state index contributed by atoms with van der Waals surface area (Å²) in [5.41, 5.74) is 4.38. The van der Waals surface area contributed by atoms with Crippen molar-refractivity contribution in [3.05, 3.63) is 42.4 Å². The molecule has 4 heterocycles. The maximum Gasteiger partial charge on any atom is 0.154 e. The van der Waals surface area contributed by atoms with Gasteiger partial charge in [-0.2, -0.15) is 0 Å². The molecule has 0 amide bonds. The molecule has 134 valence electrons. The molecule has 3 aromatic heterocycles. The lowest BCUT2D eigenvalue weighted by atomic mass is 10.1. The fourth-order valence-electron chi connectivity index (χ4n) is 4.04. The van der Waals surface area contributed by atoms with Crippen LogP contribution in [0.1, 0.15) is 38.3 Å². The number of piperazine rings is 1. The zero-order chi connectivity index (χ0) is 17.7. The van der Waals surface area contributed by atoms with Gasteiger partial charge < -0.3 is 10.2 Å². The number of nitrogens with zero attached hydrogens (tertiary/aromatic N) is 5. The molecule has 5 rings (SSSR count). The molecule has 0 aromatic carbocycles. The molecule has 1 saturated heterocycles. The van der Waals surface area contributed by atoms with Crippen LogP contribution in [0.3, 0.4) is 0 Å². The van der Waals surface area contributed by atoms with Crippen LogP contribution >= 0.6 is 0 Å². The third kappa shape index (κ3) is 2.74. The summed E-state index contributed by atoms with van der Waals surface area (Å²) in [7, 11) is 0. The number of pyridine rings is 1. The standard InChI is InChI=1S/C20H24N6/c1-13-11-25(12-14(2)22-13)18-6-5-17-23-19(15-3-4-15)20(26(17)24-18)16-7-9-21-10-8-16/h5-10,13-15,22H,3-4,11-12H2,1-2H3/t13-,14+. The topological polar surface area (TPSA) is 58.4 Å². The zero-order valence-electron chi connectivity index (χ0n) is 15.3. The van der Waals surface area contributed by atoms with Gasteiger partial charge in [-0.15, -0.1) is 5.10 Å². The van der Waals surface area contributed by atoms with E-state index in [0.717, 1.165) is 35.8 Å². The lowest BCUT2D eigenvalue weighted by molar-refractivity contribution is 0.404. The van der Waals surface area contributed by atoms with E-state index < -0.39 is 0 Å². The van der Waals surface area contributed by atoms with Crippen molar-refractivity contribution in [2.24, 2.45) is 0 Å². The van der Waals surface area contributed by atoms with Gasteiger partial charge >= 0.3 is 0 Å². The van der Waals surface area contributed by atoms with Gasteiger partial charge in [0.05, 0.1) is 11.4 Å². The smallest absolute Gasteiger partial charge is 0.154 e. The molecule has 1 aliphatic heterocycles. The van der Waals surface area contributed by atoms with E-state index in [2.05, 4.69) is 53.3 Å². The first-order valence-corrected chi connectivity index (χ1v) is 9.50. The predicted molar refractivity (Wildman–Crippen MR) is 102 cm³/mol. The van der Waals surface area contributed by atoms with E-state index in [1.165, 1.54) is 18.5 Å². The van der Waals surface area contributed by atoms with Crippen LogP contribution in [0.4, 0.5) is 5.82 Å². The van der Waals surface area contributed by atoms with Crippen LogP contribution in [0, 0.1) is 0 Å². The lowest BCUT2D eigenvalue weighted by Gasteiger charge is -2.36. The lowest BCUT2D eigenvalue weighted by Crippen LogP contribution is -2.54. The van der Waals surface area contributed by atoms with Crippen LogP contribution in [0.2, 0.25) is 0 Å². The number of hydrogen-bond donors (Lipinski definition) is 1. The Morgan fingerprint density at radius 1 is 1.00 bits per heavy atom. The minimum Gasteiger partial charge on any atom is -0.352 e. The first-order chi connectivity index (χ1) is 12.7. The summed E-state index contributed by atoms with van der Waals surface area (Å²) in [5, 5.41) is 8.59. The minimum atomic E-state index is 0.459. The van der Waals surface area contributed by atoms with E-state index >= 15 is 0 Å². The van der Waals surface area contributed by atoms with Gasteiger partial charge in [-0.25, -0.2) is 9.50 Å². The number of hydrogen-bond acceptors (Lipinski definition) is 5. The van der Waals surface area contributed by atoms with Crippen LogP contribution in [0.5, 0.6) is 0 Å². The molecule has 1 aliphatic carbocycles. The summed E-state index contributed by atoms with van der Waals surface area (Å²) in [5.74, 6) is 1.59. The van der Waals surface area contributed by atoms with E-state index in [1.54, 1.807) is 0 Å². The van der Waals surface area contributed by atoms with E-state index in [9.17, 15) is 0 Å². The number of nitrogens with one attached hydrogen (secondary N) is 1. The Labute approximate surface area is 153 Å². The van der Waals surface area contributed by atoms with E-state index in [-0.39, 0.29) is 0 Å². The summed E-state index contributed by atoms with van der Waals surface area (Å²) in [6.45, 7) is 6.40. The Balaban J connectivity index is 1.63. The zero-order valence-corrected chi connectivity index (χ0v) is 15.3. The van der Waals surface area contributed by atoms with Crippen LogP contribution in [-0.4, -0.2) is 44.8 Å². The average Bonchev–Trinajstić information content (AvgIpc) is 3.41. The highest BCUT2D eigenvalue weighted by Crippen LogP contribution is 2.44. The molecule has 2 atom stereocenters. The van der Waals surface area contributed by atoms with Crippen LogP contribution in [0.15, 0.2) is 36.7 Å². The first kappa shape index (κ1) is 15.8. The van der Waals surface area contributed by atoms with Gasteiger partial charge in [-0.1, -0.05) is 0 Å². The van der Waals surface area contributed by atoms with Crippen molar-refractivity contribution in [2.75, 3.05) is 18.0 Å². The largest absolute Gasteiger partial charge is 0.352 e. The number of aromatic nitrogens is 4. The second-order valence-corrected chi connectivity index (χ2v) is 7.69. The third-order valence-corrected chi connectivity index (χ3v) is 5.29. The van der Waals surface area contributed by atoms with Gasteiger partial charge in [-0.05, 0) is 51.0 Å². The molecule has 2 aliphatic rings. The van der Waals surface area contributed by atoms with Crippen LogP contribution < -0.4 is 10.2 Å². The summed E-state index contributed by atoms with van der Waals surface area (Å²) in [4.78, 5) is 11.5. The number of anilines is 1. The highest BCUT2D eigenvalue weighted by atomic mass is 15.4. The predicted octanol–water partition coefficient (Wildman–Crippen LogP) is 2.86. The van der Waals surface area contributed by atoms with Gasteiger partial charge in [0, 0.05) is 49.0 Å². The molecule has 3 aromatic rings. The molecular weight excluding hydrogens is 324 g/mol. The van der Waals surface area contributed by atoms with Crippen molar-refractivity contribution in [3.63, 3.8) is 0 Å². The van der Waals surface area contributed by atoms with Gasteiger partial charge in [-0.3, -0.25) is 4.98 Å². The van der Waals surface area contributed by atoms with Crippen molar-refractivity contribution in [1.82, 2.24) is 24.9 Å². The molecule has 0 bridgehead atoms. The summed E-state index contributed by atoms with van der Waals surface area (Å²) in [6.07, 6.45) is 6.13. The molecule has 0 spiro atoms. The average molecular weight is 348 g/mol. The van der Waals surface area contributed by atoms with E-state index in [1.807, 2.05) is 16.9 Å². The number of rotatable bonds is 3. The molecule has 26 heavy (non-hydrogen) atoms. The Morgan fingerprint density at radius 3 is 2.42 bits per heavy atom. The van der Waals surface area contributed by atoms with Crippen molar-refractivity contribution in [3.8, 4) is 11.3 Å². The van der Waals surface area contributed by atoms with Gasteiger partial charge in [0.1, 0.15) is 5.82 Å². The highest BCUT2D eigenvalue weighted by molar-refractivity contribution is 5.68. The second-order valence-electron chi connectivity index (χ2n) is 7.69. The monoisotopic (exact) mass is 348 g/mol. The summed E-state index contributed by atoms with van der Waals surface area (Å²) in [6, 6.07) is 9.25. The maximum atomic E-state index is 5.01. The van der Waals surface area contributed by atoms with Crippen molar-refractivity contribution < 1.29 is 0 Å². The molecule has 2 fully saturated rings. The van der Waals surface area contributed by atoms with Gasteiger partial charge in [0.25, 0.3) is 0 Å². The van der Waals surface area contributed by atoms with E-state index in [0.29, 0.717) is 18.0 Å². The Morgan fingerprint density at radius 2 is 1.73 bits per heavy atom. The van der Waals surface area contributed by atoms with Crippen molar-refractivity contribution >= 4 is 11.5 Å². The Bertz CT molecular complexity index is 920. The molecular formula is C20H24N6. The molecule has 1 N–H and O–H groups in total. The van der Waals surface area contributed by atoms with E-state index in [4.69, 9.17) is 10.1 Å². The molecule has 6 nitrogen and oxygen atoms in total. The number of imidazole rings is 1. The quantitative estimate of drug-likeness (QED) is 0.789. The molecule has 6 heteroatoms. The number of fused-ring (bicyclic) bond motifs is 1. The van der Waals surface area contributed by atoms with Crippen molar-refractivity contribution in [2.45, 2.75) is 44.7 Å². The highest BCUT2D eigenvalue weighted by Gasteiger charge is 2.31. The summed E-state index contributed by atoms with van der Waals surface area (Å²) >= 11 is 0. The fraction of sp³-hybridized carbons (Fsp3) is 0.450. The van der Waals surface area contributed by atoms with Crippen LogP contribution in [0.25, 0.3) is 16.9 Å². The first-order valence-electron chi connectivity index (χ1n) is 9.50. The Kier molecular flexibility index (Phi) is 3.67. The SMILES string of the molecule is C[C@@H]1CN(c2ccc3nc(C4CC4)c(-c4ccncc4)n3n2)C[C@H](C)N1. The third-order valence-electron chi connectivity index (χ3n) is 5.29. The van der Waals surface area contributed by atoms with Gasteiger partial charge in [0.2, 0.25) is 0 Å². The Hall–Kier alpha value is -2.47. The normalized spacial score (nSPS) is 23.5. The van der Waals surface area contributed by atoms with Gasteiger partial charge in [0.15, 0.2) is 5.65 Å². The molecule has 0 radical (unpaired) electrons. The second kappa shape index (κ2) is 6.06. The molecule has 1 saturated carbocycles. The maximum absolute atomic E-state index is 5.01. The fourth-order valence-corrected chi connectivity index (χ4v) is 4.04. The van der Waals surface area contributed by atoms with Crippen LogP contribution in [-0.2, 0) is 0 Å². The summed E-state index contributed by atoms with van der Waals surface area (Å²) < 4.78 is 2.04. The molecule has 0 unspecified atom stereocenters. The minimum absolute atomic E-state index is 0.459. The van der Waals surface area contributed by atoms with Crippen molar-refractivity contribution in [1.29, 1.82) is 0 Å².